The van der Waals surface area contributed by atoms with Crippen LogP contribution in [0.5, 0.6) is 0 Å². The Balaban J connectivity index is 2.02. The number of halogens is 3. The molecule has 0 aliphatic rings. The topological polar surface area (TPSA) is 59.8 Å². The lowest BCUT2D eigenvalue weighted by Crippen LogP contribution is -2.21. The molecule has 0 aliphatic carbocycles. The van der Waals surface area contributed by atoms with Crippen LogP contribution in [-0.4, -0.2) is 20.7 Å². The standard InChI is InChI=1S/C17H13F3N4O/c1-11-5-4-6-12(9-11)23-16(25)13-10-22-24(15(13)17(18,19)20)14-7-2-3-8-21-14/h2-10H,1H3,(H,23,25). The lowest BCUT2D eigenvalue weighted by Gasteiger charge is -2.12. The Bertz CT molecular complexity index is 904. The molecule has 3 rings (SSSR count). The van der Waals surface area contributed by atoms with E-state index in [-0.39, 0.29) is 5.82 Å². The third kappa shape index (κ3) is 3.52. The van der Waals surface area contributed by atoms with Gasteiger partial charge in [-0.25, -0.2) is 9.67 Å². The van der Waals surface area contributed by atoms with E-state index in [0.717, 1.165) is 11.8 Å². The zero-order valence-corrected chi connectivity index (χ0v) is 13.1. The van der Waals surface area contributed by atoms with Crippen molar-refractivity contribution in [1.29, 1.82) is 0 Å². The van der Waals surface area contributed by atoms with Crippen molar-refractivity contribution in [1.82, 2.24) is 14.8 Å². The number of nitrogens with one attached hydrogen (secondary N) is 1. The van der Waals surface area contributed by atoms with Crippen molar-refractivity contribution < 1.29 is 18.0 Å². The minimum atomic E-state index is -4.77. The first-order chi connectivity index (χ1) is 11.9. The number of anilines is 1. The van der Waals surface area contributed by atoms with Crippen molar-refractivity contribution in [3.63, 3.8) is 0 Å². The number of benzene rings is 1. The van der Waals surface area contributed by atoms with Gasteiger partial charge in [-0.05, 0) is 36.8 Å². The van der Waals surface area contributed by atoms with Crippen LogP contribution in [0.15, 0.2) is 54.9 Å². The number of carbonyl (C=O) groups is 1. The second-order valence-electron chi connectivity index (χ2n) is 5.33. The second-order valence-corrected chi connectivity index (χ2v) is 5.33. The first kappa shape index (κ1) is 16.7. The van der Waals surface area contributed by atoms with E-state index >= 15 is 0 Å². The van der Waals surface area contributed by atoms with Crippen molar-refractivity contribution >= 4 is 11.6 Å². The summed E-state index contributed by atoms with van der Waals surface area (Å²) >= 11 is 0. The van der Waals surface area contributed by atoms with Gasteiger partial charge in [-0.1, -0.05) is 18.2 Å². The highest BCUT2D eigenvalue weighted by atomic mass is 19.4. The van der Waals surface area contributed by atoms with Crippen LogP contribution < -0.4 is 5.32 Å². The molecule has 5 nitrogen and oxygen atoms in total. The minimum Gasteiger partial charge on any atom is -0.322 e. The predicted octanol–water partition coefficient (Wildman–Crippen LogP) is 3.85. The Morgan fingerprint density at radius 2 is 1.96 bits per heavy atom. The van der Waals surface area contributed by atoms with Crippen LogP contribution in [0.2, 0.25) is 0 Å². The summed E-state index contributed by atoms with van der Waals surface area (Å²) in [6.45, 7) is 1.82. The molecule has 0 radical (unpaired) electrons. The van der Waals surface area contributed by atoms with Crippen LogP contribution >= 0.6 is 0 Å². The number of amides is 1. The molecular formula is C17H13F3N4O. The summed E-state index contributed by atoms with van der Waals surface area (Å²) in [5.74, 6) is -0.912. The van der Waals surface area contributed by atoms with E-state index < -0.39 is 23.3 Å². The predicted molar refractivity (Wildman–Crippen MR) is 85.5 cm³/mol. The van der Waals surface area contributed by atoms with Gasteiger partial charge in [-0.15, -0.1) is 0 Å². The highest BCUT2D eigenvalue weighted by Gasteiger charge is 2.40. The molecule has 0 fully saturated rings. The van der Waals surface area contributed by atoms with Gasteiger partial charge < -0.3 is 5.32 Å². The maximum Gasteiger partial charge on any atom is 0.434 e. The molecule has 3 aromatic rings. The van der Waals surface area contributed by atoms with Crippen molar-refractivity contribution in [2.24, 2.45) is 0 Å². The molecular weight excluding hydrogens is 333 g/mol. The Labute approximate surface area is 141 Å². The molecule has 2 aromatic heterocycles. The van der Waals surface area contributed by atoms with Crippen molar-refractivity contribution in [2.45, 2.75) is 13.1 Å². The molecule has 0 bridgehead atoms. The average Bonchev–Trinajstić information content (AvgIpc) is 3.01. The summed E-state index contributed by atoms with van der Waals surface area (Å²) < 4.78 is 41.2. The summed E-state index contributed by atoms with van der Waals surface area (Å²) in [6, 6.07) is 11.3. The molecule has 0 aliphatic heterocycles. The van der Waals surface area contributed by atoms with Gasteiger partial charge in [0.05, 0.1) is 11.8 Å². The van der Waals surface area contributed by atoms with Crippen LogP contribution in [0, 0.1) is 6.92 Å². The van der Waals surface area contributed by atoms with Crippen LogP contribution in [0.25, 0.3) is 5.82 Å². The van der Waals surface area contributed by atoms with Crippen molar-refractivity contribution in [3.8, 4) is 5.82 Å². The molecule has 25 heavy (non-hydrogen) atoms. The number of carbonyl (C=O) groups excluding carboxylic acids is 1. The summed E-state index contributed by atoms with van der Waals surface area (Å²) in [4.78, 5) is 16.2. The normalized spacial score (nSPS) is 11.4. The molecule has 1 aromatic carbocycles. The quantitative estimate of drug-likeness (QED) is 0.784. The Kier molecular flexibility index (Phi) is 4.26. The number of rotatable bonds is 3. The van der Waals surface area contributed by atoms with E-state index in [0.29, 0.717) is 10.4 Å². The smallest absolute Gasteiger partial charge is 0.322 e. The molecule has 0 spiro atoms. The number of alkyl halides is 3. The second kappa shape index (κ2) is 6.39. The fourth-order valence-electron chi connectivity index (χ4n) is 2.36. The largest absolute Gasteiger partial charge is 0.434 e. The number of pyridine rings is 1. The highest BCUT2D eigenvalue weighted by Crippen LogP contribution is 2.33. The monoisotopic (exact) mass is 346 g/mol. The summed E-state index contributed by atoms with van der Waals surface area (Å²) in [7, 11) is 0. The third-order valence-corrected chi connectivity index (χ3v) is 3.42. The lowest BCUT2D eigenvalue weighted by molar-refractivity contribution is -0.143. The number of aryl methyl sites for hydroxylation is 1. The fraction of sp³-hybridized carbons (Fsp3) is 0.118. The number of nitrogens with zero attached hydrogens (tertiary/aromatic N) is 3. The Morgan fingerprint density at radius 1 is 1.16 bits per heavy atom. The zero-order valence-electron chi connectivity index (χ0n) is 13.1. The van der Waals surface area contributed by atoms with E-state index in [2.05, 4.69) is 15.4 Å². The van der Waals surface area contributed by atoms with E-state index in [1.165, 1.54) is 18.3 Å². The van der Waals surface area contributed by atoms with E-state index in [1.54, 1.807) is 24.3 Å². The zero-order chi connectivity index (χ0) is 18.0. The lowest BCUT2D eigenvalue weighted by atomic mass is 10.2. The van der Waals surface area contributed by atoms with Gasteiger partial charge in [0.2, 0.25) is 0 Å². The van der Waals surface area contributed by atoms with Crippen LogP contribution in [0.1, 0.15) is 21.6 Å². The Morgan fingerprint density at radius 3 is 2.60 bits per heavy atom. The molecule has 1 N–H and O–H groups in total. The van der Waals surface area contributed by atoms with Crippen molar-refractivity contribution in [2.75, 3.05) is 5.32 Å². The molecule has 128 valence electrons. The average molecular weight is 346 g/mol. The third-order valence-electron chi connectivity index (χ3n) is 3.42. The maximum atomic E-state index is 13.5. The van der Waals surface area contributed by atoms with Crippen LogP contribution in [0.4, 0.5) is 18.9 Å². The van der Waals surface area contributed by atoms with Crippen LogP contribution in [0.3, 0.4) is 0 Å². The Hall–Kier alpha value is -3.16. The highest BCUT2D eigenvalue weighted by molar-refractivity contribution is 6.05. The van der Waals surface area contributed by atoms with Gasteiger partial charge in [0.15, 0.2) is 11.5 Å². The van der Waals surface area contributed by atoms with Crippen molar-refractivity contribution in [3.05, 3.63) is 71.7 Å². The van der Waals surface area contributed by atoms with Gasteiger partial charge >= 0.3 is 6.18 Å². The number of aromatic nitrogens is 3. The molecule has 0 saturated carbocycles. The molecule has 0 unspecified atom stereocenters. The molecule has 0 saturated heterocycles. The SMILES string of the molecule is Cc1cccc(NC(=O)c2cnn(-c3ccccn3)c2C(F)(F)F)c1. The summed E-state index contributed by atoms with van der Waals surface area (Å²) in [5, 5.41) is 6.17. The minimum absolute atomic E-state index is 0.0237. The van der Waals surface area contributed by atoms with Gasteiger partial charge in [-0.3, -0.25) is 4.79 Å². The molecule has 2 heterocycles. The van der Waals surface area contributed by atoms with E-state index in [1.807, 2.05) is 13.0 Å². The molecule has 8 heteroatoms. The van der Waals surface area contributed by atoms with Gasteiger partial charge in [0, 0.05) is 11.9 Å². The van der Waals surface area contributed by atoms with E-state index in [4.69, 9.17) is 0 Å². The van der Waals surface area contributed by atoms with Gasteiger partial charge in [-0.2, -0.15) is 18.3 Å². The maximum absolute atomic E-state index is 13.5. The summed E-state index contributed by atoms with van der Waals surface area (Å²) in [6.07, 6.45) is -2.53. The number of hydrogen-bond acceptors (Lipinski definition) is 3. The fourth-order valence-corrected chi connectivity index (χ4v) is 2.36. The first-order valence-corrected chi connectivity index (χ1v) is 7.31. The molecule has 1 amide bonds. The first-order valence-electron chi connectivity index (χ1n) is 7.31. The van der Waals surface area contributed by atoms with Gasteiger partial charge in [0.1, 0.15) is 0 Å². The van der Waals surface area contributed by atoms with E-state index in [9.17, 15) is 18.0 Å². The number of hydrogen-bond donors (Lipinski definition) is 1. The van der Waals surface area contributed by atoms with Gasteiger partial charge in [0.25, 0.3) is 5.91 Å². The molecule has 0 atom stereocenters. The van der Waals surface area contributed by atoms with Crippen LogP contribution in [-0.2, 0) is 6.18 Å². The summed E-state index contributed by atoms with van der Waals surface area (Å²) in [5.41, 5.74) is -0.460.